The van der Waals surface area contributed by atoms with Crippen molar-refractivity contribution in [3.8, 4) is 0 Å². The highest BCUT2D eigenvalue weighted by Crippen LogP contribution is 2.41. The van der Waals surface area contributed by atoms with Crippen LogP contribution in [0.5, 0.6) is 0 Å². The number of nitrogens with zero attached hydrogens (tertiary/aromatic N) is 2. The van der Waals surface area contributed by atoms with Crippen LogP contribution in [0.4, 0.5) is 0 Å². The highest BCUT2D eigenvalue weighted by Gasteiger charge is 2.55. The zero-order chi connectivity index (χ0) is 11.2. The maximum atomic E-state index is 12.4. The molecule has 0 unspecified atom stereocenters. The van der Waals surface area contributed by atoms with Gasteiger partial charge in [-0.05, 0) is 38.9 Å². The predicted octanol–water partition coefficient (Wildman–Crippen LogP) is 1.77. The molecule has 1 spiro atoms. The molecule has 15 heavy (non-hydrogen) atoms. The van der Waals surface area contributed by atoms with Crippen molar-refractivity contribution in [3.05, 3.63) is 0 Å². The van der Waals surface area contributed by atoms with E-state index >= 15 is 0 Å². The molecule has 1 amide bonds. The van der Waals surface area contributed by atoms with Gasteiger partial charge >= 0.3 is 0 Å². The molecule has 0 radical (unpaired) electrons. The van der Waals surface area contributed by atoms with Crippen molar-refractivity contribution in [1.29, 1.82) is 0 Å². The van der Waals surface area contributed by atoms with E-state index in [9.17, 15) is 4.79 Å². The van der Waals surface area contributed by atoms with E-state index in [1.54, 1.807) is 4.90 Å². The van der Waals surface area contributed by atoms with Gasteiger partial charge in [-0.2, -0.15) is 0 Å². The monoisotopic (exact) mass is 226 g/mol. The van der Waals surface area contributed by atoms with E-state index in [0.29, 0.717) is 5.11 Å². The van der Waals surface area contributed by atoms with Crippen LogP contribution in [0.2, 0.25) is 0 Å². The molecule has 0 N–H and O–H groups in total. The second-order valence-corrected chi connectivity index (χ2v) is 5.21. The topological polar surface area (TPSA) is 23.6 Å². The molecule has 3 nitrogen and oxygen atoms in total. The third kappa shape index (κ3) is 1.30. The largest absolute Gasteiger partial charge is 0.337 e. The number of thiocarbonyl (C=S) groups is 1. The summed E-state index contributed by atoms with van der Waals surface area (Å²) in [6.07, 6.45) is 4.21. The normalized spacial score (nSPS) is 25.1. The quantitative estimate of drug-likeness (QED) is 0.637. The first-order chi connectivity index (χ1) is 7.00. The van der Waals surface area contributed by atoms with Crippen LogP contribution < -0.4 is 0 Å². The van der Waals surface area contributed by atoms with Crippen LogP contribution in [0.15, 0.2) is 0 Å². The Morgan fingerprint density at radius 2 is 1.87 bits per heavy atom. The Hall–Kier alpha value is -0.640. The average Bonchev–Trinajstić information content (AvgIpc) is 2.70. The predicted molar refractivity (Wildman–Crippen MR) is 63.5 cm³/mol. The maximum absolute atomic E-state index is 12.4. The van der Waals surface area contributed by atoms with Crippen molar-refractivity contribution in [3.63, 3.8) is 0 Å². The Morgan fingerprint density at radius 1 is 1.33 bits per heavy atom. The van der Waals surface area contributed by atoms with Crippen LogP contribution in [-0.4, -0.2) is 39.4 Å². The van der Waals surface area contributed by atoms with Crippen molar-refractivity contribution >= 4 is 23.2 Å². The van der Waals surface area contributed by atoms with Gasteiger partial charge in [0.25, 0.3) is 5.91 Å². The highest BCUT2D eigenvalue weighted by atomic mass is 32.1. The zero-order valence-electron chi connectivity index (χ0n) is 9.62. The van der Waals surface area contributed by atoms with E-state index < -0.39 is 0 Å². The lowest BCUT2D eigenvalue weighted by molar-refractivity contribution is -0.133. The minimum absolute atomic E-state index is 0.174. The molecular weight excluding hydrogens is 208 g/mol. The molecule has 0 aromatic heterocycles. The molecule has 4 heteroatoms. The molecule has 0 aromatic rings. The molecule has 2 rings (SSSR count). The summed E-state index contributed by atoms with van der Waals surface area (Å²) in [5.74, 6) is 0.225. The van der Waals surface area contributed by atoms with Crippen LogP contribution in [0.1, 0.15) is 39.5 Å². The van der Waals surface area contributed by atoms with E-state index in [2.05, 4.69) is 0 Å². The van der Waals surface area contributed by atoms with Gasteiger partial charge in [0, 0.05) is 13.1 Å². The number of hydrogen-bond donors (Lipinski definition) is 0. The van der Waals surface area contributed by atoms with Crippen LogP contribution in [0, 0.1) is 0 Å². The number of carbonyl (C=O) groups is 1. The van der Waals surface area contributed by atoms with Gasteiger partial charge in [0.05, 0.1) is 0 Å². The summed E-state index contributed by atoms with van der Waals surface area (Å²) in [7, 11) is 1.97. The van der Waals surface area contributed by atoms with E-state index in [4.69, 9.17) is 12.2 Å². The lowest BCUT2D eigenvalue weighted by Gasteiger charge is -2.28. The first kappa shape index (κ1) is 10.9. The molecule has 1 saturated heterocycles. The molecule has 0 bridgehead atoms. The van der Waals surface area contributed by atoms with Gasteiger partial charge in [-0.3, -0.25) is 9.69 Å². The summed E-state index contributed by atoms with van der Waals surface area (Å²) < 4.78 is 0. The first-order valence-electron chi connectivity index (χ1n) is 5.62. The van der Waals surface area contributed by atoms with E-state index in [1.807, 2.05) is 25.8 Å². The summed E-state index contributed by atoms with van der Waals surface area (Å²) in [6, 6.07) is 0.174. The van der Waals surface area contributed by atoms with Gasteiger partial charge < -0.3 is 4.90 Å². The lowest BCUT2D eigenvalue weighted by Crippen LogP contribution is -2.45. The number of amides is 1. The van der Waals surface area contributed by atoms with Crippen LogP contribution in [0.3, 0.4) is 0 Å². The van der Waals surface area contributed by atoms with Gasteiger partial charge in [0.2, 0.25) is 0 Å². The van der Waals surface area contributed by atoms with Gasteiger partial charge in [0.1, 0.15) is 5.54 Å². The van der Waals surface area contributed by atoms with Gasteiger partial charge in [-0.1, -0.05) is 12.8 Å². The summed E-state index contributed by atoms with van der Waals surface area (Å²) >= 11 is 5.36. The Labute approximate surface area is 96.4 Å². The second kappa shape index (κ2) is 3.44. The molecule has 84 valence electrons. The Morgan fingerprint density at radius 3 is 2.27 bits per heavy atom. The molecule has 1 saturated carbocycles. The minimum Gasteiger partial charge on any atom is -0.337 e. The number of rotatable bonds is 1. The molecule has 1 aliphatic carbocycles. The second-order valence-electron chi connectivity index (χ2n) is 4.85. The molecule has 1 aliphatic heterocycles. The van der Waals surface area contributed by atoms with Crippen LogP contribution in [0.25, 0.3) is 0 Å². The molecule has 0 aromatic carbocycles. The van der Waals surface area contributed by atoms with E-state index in [1.165, 1.54) is 0 Å². The van der Waals surface area contributed by atoms with Crippen molar-refractivity contribution in [2.24, 2.45) is 0 Å². The van der Waals surface area contributed by atoms with Crippen molar-refractivity contribution in [2.75, 3.05) is 7.05 Å². The minimum atomic E-state index is -0.290. The Bertz CT molecular complexity index is 308. The number of likely N-dealkylation sites (N-methyl/N-ethyl adjacent to an activating group) is 1. The zero-order valence-corrected chi connectivity index (χ0v) is 10.4. The fourth-order valence-electron chi connectivity index (χ4n) is 2.76. The molecule has 2 fully saturated rings. The SMILES string of the molecule is CC(C)N1C(=O)C2(CCCC2)N(C)C1=S. The van der Waals surface area contributed by atoms with E-state index in [-0.39, 0.29) is 17.5 Å². The third-order valence-corrected chi connectivity index (χ3v) is 4.17. The average molecular weight is 226 g/mol. The molecule has 2 aliphatic rings. The smallest absolute Gasteiger partial charge is 0.254 e. The summed E-state index contributed by atoms with van der Waals surface area (Å²) in [6.45, 7) is 4.04. The molecular formula is C11H18N2OS. The standard InChI is InChI=1S/C11H18N2OS/c1-8(2)13-9(14)11(6-4-5-7-11)12(3)10(13)15/h8H,4-7H2,1-3H3. The van der Waals surface area contributed by atoms with E-state index in [0.717, 1.165) is 25.7 Å². The van der Waals surface area contributed by atoms with Gasteiger partial charge in [0.15, 0.2) is 5.11 Å². The molecule has 1 heterocycles. The van der Waals surface area contributed by atoms with Crippen molar-refractivity contribution < 1.29 is 4.79 Å². The first-order valence-corrected chi connectivity index (χ1v) is 6.03. The summed E-state index contributed by atoms with van der Waals surface area (Å²) in [5, 5.41) is 0.705. The highest BCUT2D eigenvalue weighted by molar-refractivity contribution is 7.80. The fourth-order valence-corrected chi connectivity index (χ4v) is 3.23. The summed E-state index contributed by atoms with van der Waals surface area (Å²) in [4.78, 5) is 16.2. The van der Waals surface area contributed by atoms with Crippen LogP contribution >= 0.6 is 12.2 Å². The van der Waals surface area contributed by atoms with Crippen molar-refractivity contribution in [2.45, 2.75) is 51.1 Å². The summed E-state index contributed by atoms with van der Waals surface area (Å²) in [5.41, 5.74) is -0.290. The molecule has 0 atom stereocenters. The third-order valence-electron chi connectivity index (χ3n) is 3.70. The lowest BCUT2D eigenvalue weighted by atomic mass is 9.96. The van der Waals surface area contributed by atoms with Crippen molar-refractivity contribution in [1.82, 2.24) is 9.80 Å². The fraction of sp³-hybridized carbons (Fsp3) is 0.818. The number of hydrogen-bond acceptors (Lipinski definition) is 2. The maximum Gasteiger partial charge on any atom is 0.254 e. The Kier molecular flexibility index (Phi) is 2.49. The van der Waals surface area contributed by atoms with Crippen LogP contribution in [-0.2, 0) is 4.79 Å². The Balaban J connectivity index is 2.36. The number of carbonyl (C=O) groups excluding carboxylic acids is 1. The van der Waals surface area contributed by atoms with Gasteiger partial charge in [-0.15, -0.1) is 0 Å². The van der Waals surface area contributed by atoms with Gasteiger partial charge in [-0.25, -0.2) is 0 Å².